The van der Waals surface area contributed by atoms with Crippen LogP contribution in [0.5, 0.6) is 11.5 Å². The summed E-state index contributed by atoms with van der Waals surface area (Å²) < 4.78 is 10.6. The molecule has 0 radical (unpaired) electrons. The van der Waals surface area contributed by atoms with Crippen LogP contribution in [0.15, 0.2) is 24.3 Å². The van der Waals surface area contributed by atoms with Gasteiger partial charge in [0.15, 0.2) is 0 Å². The van der Waals surface area contributed by atoms with Gasteiger partial charge in [-0.15, -0.1) is 0 Å². The molecule has 1 amide bonds. The Hall–Kier alpha value is -2.83. The molecule has 0 bridgehead atoms. The number of aryl methyl sites for hydroxylation is 1. The summed E-state index contributed by atoms with van der Waals surface area (Å²) in [6, 6.07) is 7.03. The van der Waals surface area contributed by atoms with E-state index in [0.717, 1.165) is 6.42 Å². The van der Waals surface area contributed by atoms with Crippen molar-refractivity contribution in [1.82, 2.24) is 15.3 Å². The van der Waals surface area contributed by atoms with Crippen molar-refractivity contribution in [3.8, 4) is 11.5 Å². The zero-order valence-corrected chi connectivity index (χ0v) is 15.9. The molecule has 1 aromatic heterocycles. The van der Waals surface area contributed by atoms with E-state index in [0.29, 0.717) is 47.0 Å². The van der Waals surface area contributed by atoms with Crippen molar-refractivity contribution in [1.29, 1.82) is 0 Å². The molecular formula is C19H26N4O3. The van der Waals surface area contributed by atoms with Gasteiger partial charge in [-0.3, -0.25) is 4.79 Å². The predicted octanol–water partition coefficient (Wildman–Crippen LogP) is 3.32. The van der Waals surface area contributed by atoms with Gasteiger partial charge >= 0.3 is 0 Å². The zero-order chi connectivity index (χ0) is 19.1. The van der Waals surface area contributed by atoms with Crippen molar-refractivity contribution >= 4 is 17.4 Å². The molecule has 1 aromatic carbocycles. The van der Waals surface area contributed by atoms with Crippen LogP contribution in [0.3, 0.4) is 0 Å². The number of anilines is 2. The first kappa shape index (κ1) is 19.5. The highest BCUT2D eigenvalue weighted by molar-refractivity contribution is 5.93. The number of benzene rings is 1. The minimum atomic E-state index is -0.211. The molecule has 0 saturated heterocycles. The lowest BCUT2D eigenvalue weighted by Crippen LogP contribution is -2.26. The summed E-state index contributed by atoms with van der Waals surface area (Å²) in [6.07, 6.45) is 0.919. The molecule has 2 rings (SSSR count). The maximum absolute atomic E-state index is 12.3. The first-order valence-electron chi connectivity index (χ1n) is 8.56. The number of aromatic nitrogens is 2. The molecule has 140 valence electrons. The molecule has 26 heavy (non-hydrogen) atoms. The number of hydrogen-bond acceptors (Lipinski definition) is 6. The lowest BCUT2D eigenvalue weighted by molar-refractivity contribution is 0.0946. The first-order valence-corrected chi connectivity index (χ1v) is 8.56. The monoisotopic (exact) mass is 358 g/mol. The van der Waals surface area contributed by atoms with E-state index < -0.39 is 0 Å². The highest BCUT2D eigenvalue weighted by atomic mass is 16.5. The predicted molar refractivity (Wildman–Crippen MR) is 101 cm³/mol. The molecule has 0 aliphatic heterocycles. The Kier molecular flexibility index (Phi) is 6.77. The Morgan fingerprint density at radius 2 is 1.92 bits per heavy atom. The van der Waals surface area contributed by atoms with E-state index in [-0.39, 0.29) is 5.91 Å². The van der Waals surface area contributed by atoms with Crippen molar-refractivity contribution < 1.29 is 14.3 Å². The Bertz CT molecular complexity index is 762. The molecule has 2 aromatic rings. The third kappa shape index (κ3) is 5.34. The number of amides is 1. The van der Waals surface area contributed by atoms with Gasteiger partial charge in [-0.1, -0.05) is 13.8 Å². The smallest absolute Gasteiger partial charge is 0.270 e. The van der Waals surface area contributed by atoms with Crippen LogP contribution in [0.2, 0.25) is 0 Å². The van der Waals surface area contributed by atoms with Gasteiger partial charge in [0.1, 0.15) is 28.8 Å². The Balaban J connectivity index is 2.20. The largest absolute Gasteiger partial charge is 0.497 e. The van der Waals surface area contributed by atoms with Crippen LogP contribution in [0.4, 0.5) is 11.5 Å². The maximum atomic E-state index is 12.3. The number of hydrogen-bond donors (Lipinski definition) is 2. The number of rotatable bonds is 8. The Labute approximate surface area is 154 Å². The fourth-order valence-corrected chi connectivity index (χ4v) is 2.36. The number of carbonyl (C=O) groups excluding carboxylic acids is 1. The summed E-state index contributed by atoms with van der Waals surface area (Å²) in [5.41, 5.74) is 1.02. The van der Waals surface area contributed by atoms with Gasteiger partial charge in [0.05, 0.1) is 19.9 Å². The van der Waals surface area contributed by atoms with Crippen molar-refractivity contribution in [2.24, 2.45) is 5.92 Å². The molecule has 0 aliphatic rings. The average Bonchev–Trinajstić information content (AvgIpc) is 2.60. The van der Waals surface area contributed by atoms with Crippen LogP contribution in [0.25, 0.3) is 0 Å². The minimum Gasteiger partial charge on any atom is -0.497 e. The SMILES string of the molecule is COc1ccc(OC)c(Nc2cc(C(=O)NCCC(C)C)nc(C)n2)c1. The topological polar surface area (TPSA) is 85.4 Å². The molecule has 1 heterocycles. The molecule has 0 saturated carbocycles. The number of methoxy groups -OCH3 is 2. The minimum absolute atomic E-state index is 0.211. The number of nitrogens with zero attached hydrogens (tertiary/aromatic N) is 2. The van der Waals surface area contributed by atoms with Crippen molar-refractivity contribution in [3.05, 3.63) is 35.8 Å². The quantitative estimate of drug-likeness (QED) is 0.753. The third-order valence-electron chi connectivity index (χ3n) is 3.75. The average molecular weight is 358 g/mol. The molecule has 0 unspecified atom stereocenters. The van der Waals surface area contributed by atoms with Crippen molar-refractivity contribution in [2.75, 3.05) is 26.1 Å². The van der Waals surface area contributed by atoms with Crippen LogP contribution >= 0.6 is 0 Å². The van der Waals surface area contributed by atoms with Gasteiger partial charge in [0.2, 0.25) is 0 Å². The molecule has 7 nitrogen and oxygen atoms in total. The van der Waals surface area contributed by atoms with E-state index >= 15 is 0 Å². The Morgan fingerprint density at radius 3 is 2.58 bits per heavy atom. The number of ether oxygens (including phenoxy) is 2. The summed E-state index contributed by atoms with van der Waals surface area (Å²) in [7, 11) is 3.19. The standard InChI is InChI=1S/C19H26N4O3/c1-12(2)8-9-20-19(24)16-11-18(22-13(3)21-16)23-15-10-14(25-4)6-7-17(15)26-5/h6-7,10-12H,8-9H2,1-5H3,(H,20,24)(H,21,22,23). The molecule has 0 aliphatic carbocycles. The van der Waals surface area contributed by atoms with Gasteiger partial charge in [0.25, 0.3) is 5.91 Å². The van der Waals surface area contributed by atoms with Crippen LogP contribution in [-0.4, -0.2) is 36.6 Å². The number of carbonyl (C=O) groups is 1. The number of nitrogens with one attached hydrogen (secondary N) is 2. The van der Waals surface area contributed by atoms with E-state index in [1.165, 1.54) is 0 Å². The van der Waals surface area contributed by atoms with Gasteiger partial charge in [-0.2, -0.15) is 0 Å². The van der Waals surface area contributed by atoms with Crippen LogP contribution in [0, 0.1) is 12.8 Å². The van der Waals surface area contributed by atoms with E-state index in [1.807, 2.05) is 6.07 Å². The molecule has 0 spiro atoms. The normalized spacial score (nSPS) is 10.5. The van der Waals surface area contributed by atoms with Gasteiger partial charge < -0.3 is 20.1 Å². The molecule has 0 fully saturated rings. The molecule has 0 atom stereocenters. The fraction of sp³-hybridized carbons (Fsp3) is 0.421. The highest BCUT2D eigenvalue weighted by Gasteiger charge is 2.12. The molecule has 7 heteroatoms. The summed E-state index contributed by atoms with van der Waals surface area (Å²) in [5, 5.41) is 6.06. The molecule has 2 N–H and O–H groups in total. The lowest BCUT2D eigenvalue weighted by Gasteiger charge is -2.13. The summed E-state index contributed by atoms with van der Waals surface area (Å²) in [6.45, 7) is 6.60. The zero-order valence-electron chi connectivity index (χ0n) is 15.9. The summed E-state index contributed by atoms with van der Waals surface area (Å²) >= 11 is 0. The van der Waals surface area contributed by atoms with Crippen LogP contribution in [-0.2, 0) is 0 Å². The van der Waals surface area contributed by atoms with Crippen molar-refractivity contribution in [2.45, 2.75) is 27.2 Å². The first-order chi connectivity index (χ1) is 12.4. The lowest BCUT2D eigenvalue weighted by atomic mass is 10.1. The van der Waals surface area contributed by atoms with E-state index in [2.05, 4.69) is 34.4 Å². The second kappa shape index (κ2) is 9.03. The van der Waals surface area contributed by atoms with E-state index in [9.17, 15) is 4.79 Å². The van der Waals surface area contributed by atoms with Gasteiger partial charge in [-0.05, 0) is 31.4 Å². The van der Waals surface area contributed by atoms with Crippen molar-refractivity contribution in [3.63, 3.8) is 0 Å². The Morgan fingerprint density at radius 1 is 1.15 bits per heavy atom. The van der Waals surface area contributed by atoms with E-state index in [4.69, 9.17) is 9.47 Å². The third-order valence-corrected chi connectivity index (χ3v) is 3.75. The van der Waals surface area contributed by atoms with Crippen LogP contribution in [0.1, 0.15) is 36.6 Å². The molecular weight excluding hydrogens is 332 g/mol. The second-order valence-electron chi connectivity index (χ2n) is 6.32. The highest BCUT2D eigenvalue weighted by Crippen LogP contribution is 2.31. The summed E-state index contributed by atoms with van der Waals surface area (Å²) in [4.78, 5) is 20.9. The maximum Gasteiger partial charge on any atom is 0.270 e. The fourth-order valence-electron chi connectivity index (χ4n) is 2.36. The van der Waals surface area contributed by atoms with Gasteiger partial charge in [0, 0.05) is 18.7 Å². The van der Waals surface area contributed by atoms with E-state index in [1.54, 1.807) is 39.3 Å². The second-order valence-corrected chi connectivity index (χ2v) is 6.32. The van der Waals surface area contributed by atoms with Gasteiger partial charge in [-0.25, -0.2) is 9.97 Å². The van der Waals surface area contributed by atoms with Crippen LogP contribution < -0.4 is 20.1 Å². The summed E-state index contributed by atoms with van der Waals surface area (Å²) in [5.74, 6) is 2.66.